The molecule has 0 aromatic heterocycles. The van der Waals surface area contributed by atoms with Crippen molar-refractivity contribution in [1.29, 1.82) is 0 Å². The van der Waals surface area contributed by atoms with Crippen LogP contribution in [0.25, 0.3) is 0 Å². The van der Waals surface area contributed by atoms with Crippen molar-refractivity contribution in [3.05, 3.63) is 131 Å². The third-order valence-electron chi connectivity index (χ3n) is 18.9. The molecule has 112 heavy (non-hydrogen) atoms. The fourth-order valence-electron chi connectivity index (χ4n) is 13.4. The molecule has 2 unspecified atom stereocenters. The summed E-state index contributed by atoms with van der Waals surface area (Å²) in [5.74, 6) is -5.15. The summed E-state index contributed by atoms with van der Waals surface area (Å²) in [4.78, 5) is 22.1. The molecule has 0 radical (unpaired) electrons. The number of aliphatic carboxylic acids is 2. The van der Waals surface area contributed by atoms with Crippen LogP contribution < -0.4 is 43.9 Å². The van der Waals surface area contributed by atoms with E-state index in [-0.39, 0.29) is 44.1 Å². The molecule has 37 nitrogen and oxygen atoms in total. The second kappa shape index (κ2) is 43.4. The molecule has 5 saturated heterocycles. The average Bonchev–Trinajstić information content (AvgIpc) is 1.57. The first-order chi connectivity index (χ1) is 52.2. The number of phenolic OH excluding ortho intramolecular Hbond substituents is 1. The number of benzene rings is 4. The van der Waals surface area contributed by atoms with Gasteiger partial charge in [0.1, 0.15) is 79.1 Å². The first-order valence-corrected chi connectivity index (χ1v) is 39.3. The number of rotatable bonds is 25. The summed E-state index contributed by atoms with van der Waals surface area (Å²) < 4.78 is 116. The van der Waals surface area contributed by atoms with E-state index in [2.05, 4.69) is 112 Å². The highest BCUT2D eigenvalue weighted by Gasteiger charge is 2.66. The SMILES string of the molecule is CC1(C)O[C@@H]2[C@@H](CO[C@@]3(COS(N)(=O)=O)OC(C)(C)O[C@@H]23)O1.CNCC[C@@H](Oc1ccccc1C)c1ccccc1.Cc1ccc(O)c([C@H](CCN(C(C)C)C(C)C)c2ccccc2)c1.NC[C@H]1O[C@H](O[C@H]2[C@H](O)[C@@H](O[C@H]3O[C@H](CO)[C@@H](O)[C@H](N)[C@H]3O)[C@H](N)C[C@@H]2N)[C@H](N)C[C@@H]1O.O=C(O)C(O)C(O)C(=O)O.O=S(=O)(O)O. The number of ether oxygens (including phenoxy) is 10. The predicted molar refractivity (Wildman–Crippen MR) is 404 cm³/mol. The van der Waals surface area contributed by atoms with E-state index in [1.54, 1.807) is 27.7 Å². The maximum atomic E-state index is 11.1. The minimum Gasteiger partial charge on any atom is -0.508 e. The molecular formula is C73H118N8O29S2. The van der Waals surface area contributed by atoms with Crippen LogP contribution in [0.1, 0.15) is 121 Å². The molecule has 22 atom stereocenters. The van der Waals surface area contributed by atoms with Gasteiger partial charge in [-0.1, -0.05) is 96.6 Å². The molecule has 636 valence electrons. The van der Waals surface area contributed by atoms with E-state index in [1.165, 1.54) is 22.3 Å². The van der Waals surface area contributed by atoms with Gasteiger partial charge in [0.05, 0.1) is 37.5 Å². The molecule has 6 aliphatic rings. The fraction of sp³-hybridized carbons (Fsp3) is 0.644. The summed E-state index contributed by atoms with van der Waals surface area (Å²) in [6, 6.07) is 32.8. The highest BCUT2D eigenvalue weighted by Crippen LogP contribution is 2.48. The molecular weight excluding hydrogens is 1520 g/mol. The number of nitrogens with one attached hydrogen (secondary N) is 1. The quantitative estimate of drug-likeness (QED) is 0.0375. The van der Waals surface area contributed by atoms with Gasteiger partial charge in [-0.05, 0) is 137 Å². The van der Waals surface area contributed by atoms with Crippen LogP contribution >= 0.6 is 0 Å². The summed E-state index contributed by atoms with van der Waals surface area (Å²) in [6.45, 7) is 21.3. The van der Waals surface area contributed by atoms with E-state index in [0.717, 1.165) is 37.2 Å². The van der Waals surface area contributed by atoms with Gasteiger partial charge in [-0.25, -0.2) is 14.7 Å². The number of hydrogen-bond donors (Lipinski definition) is 19. The predicted octanol–water partition coefficient (Wildman–Crippen LogP) is -0.401. The number of phenols is 1. The van der Waals surface area contributed by atoms with Gasteiger partial charge in [0, 0.05) is 48.6 Å². The Bertz CT molecular complexity index is 3700. The lowest BCUT2D eigenvalue weighted by atomic mass is 9.84. The minimum absolute atomic E-state index is 0.0542. The number of aromatic hydroxyl groups is 1. The Hall–Kier alpha value is -5.76. The van der Waals surface area contributed by atoms with Crippen LogP contribution in [-0.4, -0.2) is 286 Å². The van der Waals surface area contributed by atoms with Crippen molar-refractivity contribution in [2.45, 2.75) is 252 Å². The molecule has 4 aromatic carbocycles. The van der Waals surface area contributed by atoms with Crippen molar-refractivity contribution >= 4 is 32.6 Å². The van der Waals surface area contributed by atoms with Crippen molar-refractivity contribution in [2.24, 2.45) is 33.8 Å². The van der Waals surface area contributed by atoms with Crippen LogP contribution in [0, 0.1) is 13.8 Å². The molecule has 0 spiro atoms. The Balaban J connectivity index is 0.000000255. The highest BCUT2D eigenvalue weighted by atomic mass is 32.3. The van der Waals surface area contributed by atoms with Crippen molar-refractivity contribution in [1.82, 2.24) is 10.2 Å². The van der Waals surface area contributed by atoms with Gasteiger partial charge in [-0.2, -0.15) is 16.8 Å². The molecule has 0 bridgehead atoms. The smallest absolute Gasteiger partial charge is 0.394 e. The standard InChI is InChI=1S/C22H31NO.C18H37N5O9.C17H21NO.C12H21NO8S.C4H6O6.H2O4S/c1-16(2)23(17(3)4)14-13-20(19-9-7-6-8-10-19)21-15-18(5)11-12-22(21)24;19-3-9-8(25)2-7(22)17(29-9)31-15-5(20)1-6(21)16(14(15)28)32-18-13(27)11(23)12(26)10(4-24)30-18;1-14-8-6-7-11-16(14)19-17(12-13-18-2)15-9-4-3-5-10-15;1-10(2)18-7-5-16-12(6-17-22(13,14)15)9(8(7)19-10)20-11(3,4)21-12;5-1(3(7)8)2(6)4(9)10;1-5(2,3)4/h6-12,15-17,20,24H,13-14H2,1-5H3;5-18,24-28H,1-4,19-23H2;3-11,17-18H,12-13H2,1-2H3;7-9H,5-6H2,1-4H3,(H2,13,14,15);1-2,5-6H,(H,7,8)(H,9,10);(H2,1,2,3,4)/t20-;5-,6+,7+,8-,9+,10+,11-,12+,13+,14-,15+,16-,17+,18+;17-;7-,8-,9+,12+;;/m1011../s1. The number of nitrogens with two attached hydrogens (primary N) is 6. The van der Waals surface area contributed by atoms with Crippen molar-refractivity contribution in [2.75, 3.05) is 46.5 Å². The van der Waals surface area contributed by atoms with Crippen LogP contribution in [0.15, 0.2) is 103 Å². The van der Waals surface area contributed by atoms with Crippen molar-refractivity contribution in [3.8, 4) is 11.5 Å². The summed E-state index contributed by atoms with van der Waals surface area (Å²) in [5, 5.41) is 102. The third kappa shape index (κ3) is 29.1. The molecule has 0 amide bonds. The molecule has 1 aliphatic carbocycles. The monoisotopic (exact) mass is 1630 g/mol. The number of para-hydroxylation sites is 1. The normalized spacial score (nSPS) is 30.2. The van der Waals surface area contributed by atoms with Gasteiger partial charge < -0.3 is 132 Å². The van der Waals surface area contributed by atoms with Crippen LogP contribution in [0.4, 0.5) is 0 Å². The number of nitrogens with zero attached hydrogens (tertiary/aromatic N) is 1. The zero-order valence-corrected chi connectivity index (χ0v) is 66.3. The van der Waals surface area contributed by atoms with Crippen LogP contribution in [0.2, 0.25) is 0 Å². The second-order valence-electron chi connectivity index (χ2n) is 29.3. The number of aryl methyl sites for hydroxylation is 2. The fourth-order valence-corrected chi connectivity index (χ4v) is 13.7. The first kappa shape index (κ1) is 96.8. The minimum atomic E-state index is -4.67. The maximum Gasteiger partial charge on any atom is 0.394 e. The Morgan fingerprint density at radius 2 is 1.22 bits per heavy atom. The molecule has 39 heteroatoms. The molecule has 10 rings (SSSR count). The third-order valence-corrected chi connectivity index (χ3v) is 19.3. The van der Waals surface area contributed by atoms with Crippen molar-refractivity contribution < 1.29 is 138 Å². The number of aliphatic hydroxyl groups excluding tert-OH is 7. The molecule has 5 aliphatic heterocycles. The number of carboxylic acid groups (broad SMARTS) is 2. The van der Waals surface area contributed by atoms with Gasteiger partial charge in [0.15, 0.2) is 36.4 Å². The number of fused-ring (bicyclic) bond motifs is 3. The summed E-state index contributed by atoms with van der Waals surface area (Å²) in [6.07, 6.45) is -14.8. The Morgan fingerprint density at radius 1 is 0.688 bits per heavy atom. The molecule has 5 heterocycles. The highest BCUT2D eigenvalue weighted by molar-refractivity contribution is 7.84. The molecule has 25 N–H and O–H groups in total. The number of carboxylic acids is 2. The average molecular weight is 1640 g/mol. The van der Waals surface area contributed by atoms with Crippen LogP contribution in [0.3, 0.4) is 0 Å². The van der Waals surface area contributed by atoms with Crippen molar-refractivity contribution in [3.63, 3.8) is 0 Å². The topological polar surface area (TPSA) is 618 Å². The first-order valence-electron chi connectivity index (χ1n) is 36.4. The second-order valence-corrected chi connectivity index (χ2v) is 31.4. The van der Waals surface area contributed by atoms with Gasteiger partial charge in [-0.3, -0.25) is 18.2 Å². The van der Waals surface area contributed by atoms with Crippen LogP contribution in [-0.2, 0) is 77.1 Å². The van der Waals surface area contributed by atoms with Gasteiger partial charge in [-0.15, -0.1) is 0 Å². The summed E-state index contributed by atoms with van der Waals surface area (Å²) >= 11 is 0. The van der Waals surface area contributed by atoms with Gasteiger partial charge >= 0.3 is 32.6 Å². The van der Waals surface area contributed by atoms with E-state index in [9.17, 15) is 48.6 Å². The Kier molecular flexibility index (Phi) is 37.6. The molecule has 4 aromatic rings. The Morgan fingerprint density at radius 3 is 1.74 bits per heavy atom. The van der Waals surface area contributed by atoms with Gasteiger partial charge in [0.2, 0.25) is 5.79 Å². The largest absolute Gasteiger partial charge is 0.508 e. The lowest BCUT2D eigenvalue weighted by molar-refractivity contribution is -0.314. The number of carbonyl (C=O) groups is 2. The van der Waals surface area contributed by atoms with E-state index in [0.29, 0.717) is 17.8 Å². The van der Waals surface area contributed by atoms with Gasteiger partial charge in [0.25, 0.3) is 0 Å². The maximum absolute atomic E-state index is 11.1. The van der Waals surface area contributed by atoms with E-state index < -0.39 is 173 Å². The zero-order valence-electron chi connectivity index (χ0n) is 64.7. The number of aliphatic hydroxyl groups is 7. The molecule has 1 saturated carbocycles. The lowest BCUT2D eigenvalue weighted by Crippen LogP contribution is -2.68. The van der Waals surface area contributed by atoms with E-state index in [4.69, 9.17) is 123 Å². The Labute approximate surface area is 653 Å². The number of hydrogen-bond acceptors (Lipinski definition) is 32. The van der Waals surface area contributed by atoms with E-state index in [1.807, 2.05) is 49.5 Å². The van der Waals surface area contributed by atoms with E-state index >= 15 is 0 Å². The summed E-state index contributed by atoms with van der Waals surface area (Å²) in [5.41, 5.74) is 35.7. The van der Waals surface area contributed by atoms with Crippen LogP contribution in [0.5, 0.6) is 11.5 Å². The molecule has 6 fully saturated rings. The summed E-state index contributed by atoms with van der Waals surface area (Å²) in [7, 11) is -6.84. The lowest BCUT2D eigenvalue weighted by Gasteiger charge is -2.47. The zero-order chi connectivity index (χ0) is 84.1.